The Morgan fingerprint density at radius 1 is 1.38 bits per heavy atom. The number of nitrogens with one attached hydrogen (secondary N) is 1. The van der Waals surface area contributed by atoms with E-state index in [1.807, 2.05) is 6.07 Å². The molecule has 1 fully saturated rings. The van der Waals surface area contributed by atoms with Crippen LogP contribution in [0, 0.1) is 0 Å². The summed E-state index contributed by atoms with van der Waals surface area (Å²) in [6, 6.07) is 1.83. The van der Waals surface area contributed by atoms with Crippen molar-refractivity contribution in [3.63, 3.8) is 0 Å². The van der Waals surface area contributed by atoms with Gasteiger partial charge in [-0.05, 0) is 25.3 Å². The van der Waals surface area contributed by atoms with E-state index in [1.54, 1.807) is 11.7 Å². The van der Waals surface area contributed by atoms with Crippen molar-refractivity contribution in [3.05, 3.63) is 29.2 Å². The first-order chi connectivity index (χ1) is 11.7. The molecule has 1 aliphatic carbocycles. The standard InChI is InChI=1S/C17H25N5O2/c1-3-7-13-10-14(22(2)20-13)17(23)18-11-15-19-16(21-24-15)12-8-5-4-6-9-12/h10,12H,3-9,11H2,1-2H3,(H,18,23). The van der Waals surface area contributed by atoms with Gasteiger partial charge in [-0.1, -0.05) is 37.8 Å². The quantitative estimate of drug-likeness (QED) is 0.879. The minimum atomic E-state index is -0.176. The van der Waals surface area contributed by atoms with E-state index < -0.39 is 0 Å². The molecular weight excluding hydrogens is 306 g/mol. The molecule has 130 valence electrons. The summed E-state index contributed by atoms with van der Waals surface area (Å²) >= 11 is 0. The fourth-order valence-corrected chi connectivity index (χ4v) is 3.23. The van der Waals surface area contributed by atoms with Crippen LogP contribution in [-0.2, 0) is 20.0 Å². The Morgan fingerprint density at radius 2 is 2.17 bits per heavy atom. The van der Waals surface area contributed by atoms with Gasteiger partial charge in [0.15, 0.2) is 5.82 Å². The minimum absolute atomic E-state index is 0.176. The smallest absolute Gasteiger partial charge is 0.269 e. The molecule has 0 saturated heterocycles. The van der Waals surface area contributed by atoms with Crippen LogP contribution in [0.15, 0.2) is 10.6 Å². The lowest BCUT2D eigenvalue weighted by Crippen LogP contribution is -2.25. The third-order valence-electron chi connectivity index (χ3n) is 4.52. The molecule has 24 heavy (non-hydrogen) atoms. The van der Waals surface area contributed by atoms with Crippen molar-refractivity contribution >= 4 is 5.91 Å². The zero-order chi connectivity index (χ0) is 16.9. The van der Waals surface area contributed by atoms with Gasteiger partial charge in [-0.3, -0.25) is 9.48 Å². The number of carbonyl (C=O) groups is 1. The highest BCUT2D eigenvalue weighted by molar-refractivity contribution is 5.92. The van der Waals surface area contributed by atoms with Crippen LogP contribution in [0.5, 0.6) is 0 Å². The fourth-order valence-electron chi connectivity index (χ4n) is 3.23. The lowest BCUT2D eigenvalue weighted by molar-refractivity contribution is 0.0937. The van der Waals surface area contributed by atoms with Gasteiger partial charge >= 0.3 is 0 Å². The number of aryl methyl sites for hydroxylation is 2. The normalized spacial score (nSPS) is 15.6. The molecule has 2 aromatic rings. The van der Waals surface area contributed by atoms with Gasteiger partial charge in [0, 0.05) is 13.0 Å². The molecule has 0 radical (unpaired) electrons. The molecule has 2 heterocycles. The van der Waals surface area contributed by atoms with E-state index in [9.17, 15) is 4.79 Å². The zero-order valence-electron chi connectivity index (χ0n) is 14.4. The predicted octanol–water partition coefficient (Wildman–Crippen LogP) is 2.73. The first-order valence-corrected chi connectivity index (χ1v) is 8.81. The van der Waals surface area contributed by atoms with Crippen LogP contribution >= 0.6 is 0 Å². The number of hydrogen-bond donors (Lipinski definition) is 1. The molecule has 3 rings (SSSR count). The Kier molecular flexibility index (Phi) is 5.27. The summed E-state index contributed by atoms with van der Waals surface area (Å²) < 4.78 is 6.89. The van der Waals surface area contributed by atoms with Crippen LogP contribution < -0.4 is 5.32 Å². The Labute approximate surface area is 141 Å². The number of carbonyl (C=O) groups excluding carboxylic acids is 1. The van der Waals surface area contributed by atoms with Crippen LogP contribution in [0.3, 0.4) is 0 Å². The van der Waals surface area contributed by atoms with Crippen LogP contribution in [-0.4, -0.2) is 25.8 Å². The Balaban J connectivity index is 1.57. The number of hydrogen-bond acceptors (Lipinski definition) is 5. The molecule has 0 atom stereocenters. The van der Waals surface area contributed by atoms with Crippen molar-refractivity contribution < 1.29 is 9.32 Å². The maximum absolute atomic E-state index is 12.3. The average molecular weight is 331 g/mol. The first kappa shape index (κ1) is 16.7. The van der Waals surface area contributed by atoms with E-state index in [-0.39, 0.29) is 12.5 Å². The highest BCUT2D eigenvalue weighted by Crippen LogP contribution is 2.30. The van der Waals surface area contributed by atoms with Crippen molar-refractivity contribution in [2.24, 2.45) is 7.05 Å². The lowest BCUT2D eigenvalue weighted by atomic mass is 9.89. The van der Waals surface area contributed by atoms with Crippen molar-refractivity contribution in [1.29, 1.82) is 0 Å². The van der Waals surface area contributed by atoms with Crippen molar-refractivity contribution in [2.75, 3.05) is 0 Å². The second kappa shape index (κ2) is 7.59. The number of nitrogens with zero attached hydrogens (tertiary/aromatic N) is 4. The van der Waals surface area contributed by atoms with Crippen molar-refractivity contribution in [3.8, 4) is 0 Å². The molecule has 1 amide bonds. The van der Waals surface area contributed by atoms with Gasteiger partial charge < -0.3 is 9.84 Å². The number of amides is 1. The summed E-state index contributed by atoms with van der Waals surface area (Å²) in [5, 5.41) is 11.3. The molecule has 2 aromatic heterocycles. The Hall–Kier alpha value is -2.18. The molecule has 7 heteroatoms. The van der Waals surface area contributed by atoms with E-state index in [2.05, 4.69) is 27.5 Å². The largest absolute Gasteiger partial charge is 0.342 e. The van der Waals surface area contributed by atoms with Gasteiger partial charge in [0.25, 0.3) is 5.91 Å². The zero-order valence-corrected chi connectivity index (χ0v) is 14.4. The molecule has 0 aromatic carbocycles. The van der Waals surface area contributed by atoms with E-state index in [0.29, 0.717) is 17.5 Å². The summed E-state index contributed by atoms with van der Waals surface area (Å²) in [4.78, 5) is 16.7. The lowest BCUT2D eigenvalue weighted by Gasteiger charge is -2.17. The first-order valence-electron chi connectivity index (χ1n) is 8.81. The second-order valence-electron chi connectivity index (χ2n) is 6.46. The molecule has 0 aliphatic heterocycles. The van der Waals surface area contributed by atoms with Gasteiger partial charge in [-0.2, -0.15) is 10.1 Å². The minimum Gasteiger partial charge on any atom is -0.342 e. The van der Waals surface area contributed by atoms with Gasteiger partial charge in [0.05, 0.1) is 12.2 Å². The third-order valence-corrected chi connectivity index (χ3v) is 4.52. The van der Waals surface area contributed by atoms with Crippen molar-refractivity contribution in [2.45, 2.75) is 64.3 Å². The topological polar surface area (TPSA) is 85.8 Å². The Bertz CT molecular complexity index is 685. The van der Waals surface area contributed by atoms with Gasteiger partial charge in [0.2, 0.25) is 5.89 Å². The number of rotatable bonds is 6. The van der Waals surface area contributed by atoms with Crippen LogP contribution in [0.1, 0.15) is 79.3 Å². The molecule has 1 aliphatic rings. The van der Waals surface area contributed by atoms with Gasteiger partial charge in [-0.25, -0.2) is 0 Å². The predicted molar refractivity (Wildman–Crippen MR) is 88.5 cm³/mol. The van der Waals surface area contributed by atoms with E-state index in [1.165, 1.54) is 19.3 Å². The van der Waals surface area contributed by atoms with Crippen LogP contribution in [0.2, 0.25) is 0 Å². The summed E-state index contributed by atoms with van der Waals surface area (Å²) in [5.74, 6) is 1.47. The number of aromatic nitrogens is 4. The summed E-state index contributed by atoms with van der Waals surface area (Å²) in [6.07, 6.45) is 7.88. The average Bonchev–Trinajstić information content (AvgIpc) is 3.21. The third kappa shape index (κ3) is 3.83. The highest BCUT2D eigenvalue weighted by Gasteiger charge is 2.21. The van der Waals surface area contributed by atoms with Crippen LogP contribution in [0.25, 0.3) is 0 Å². The Morgan fingerprint density at radius 3 is 2.92 bits per heavy atom. The maximum atomic E-state index is 12.3. The summed E-state index contributed by atoms with van der Waals surface area (Å²) in [7, 11) is 1.78. The monoisotopic (exact) mass is 331 g/mol. The van der Waals surface area contributed by atoms with Gasteiger partial charge in [-0.15, -0.1) is 0 Å². The SMILES string of the molecule is CCCc1cc(C(=O)NCc2nc(C3CCCCC3)no2)n(C)n1. The second-order valence-corrected chi connectivity index (χ2v) is 6.46. The molecule has 0 spiro atoms. The molecule has 1 N–H and O–H groups in total. The highest BCUT2D eigenvalue weighted by atomic mass is 16.5. The molecule has 7 nitrogen and oxygen atoms in total. The maximum Gasteiger partial charge on any atom is 0.269 e. The summed E-state index contributed by atoms with van der Waals surface area (Å²) in [5.41, 5.74) is 1.48. The molecule has 0 unspecified atom stereocenters. The molecule has 0 bridgehead atoms. The molecular formula is C17H25N5O2. The van der Waals surface area contributed by atoms with E-state index >= 15 is 0 Å². The molecule has 1 saturated carbocycles. The van der Waals surface area contributed by atoms with Gasteiger partial charge in [0.1, 0.15) is 5.69 Å². The van der Waals surface area contributed by atoms with Crippen LogP contribution in [0.4, 0.5) is 0 Å². The van der Waals surface area contributed by atoms with E-state index in [4.69, 9.17) is 4.52 Å². The van der Waals surface area contributed by atoms with Crippen molar-refractivity contribution in [1.82, 2.24) is 25.2 Å². The fraction of sp³-hybridized carbons (Fsp3) is 0.647. The summed E-state index contributed by atoms with van der Waals surface area (Å²) in [6.45, 7) is 2.33. The van der Waals surface area contributed by atoms with E-state index in [0.717, 1.165) is 37.2 Å².